The molecule has 1 aromatic heterocycles. The molecule has 2 amide bonds. The average Bonchev–Trinajstić information content (AvgIpc) is 3.11. The molecule has 146 valence electrons. The van der Waals surface area contributed by atoms with E-state index in [1.807, 2.05) is 29.2 Å². The number of rotatable bonds is 3. The number of anilines is 2. The number of hydrogen-bond donors (Lipinski definition) is 1. The highest BCUT2D eigenvalue weighted by molar-refractivity contribution is 5.89. The summed E-state index contributed by atoms with van der Waals surface area (Å²) in [5.74, 6) is -0.135. The largest absolute Gasteiger partial charge is 0.423 e. The molecule has 2 heterocycles. The second-order valence-electron chi connectivity index (χ2n) is 7.36. The minimum atomic E-state index is -0.376. The zero-order valence-electron chi connectivity index (χ0n) is 15.9. The quantitative estimate of drug-likeness (QED) is 0.732. The van der Waals surface area contributed by atoms with Gasteiger partial charge in [0, 0.05) is 25.3 Å². The van der Waals surface area contributed by atoms with Crippen LogP contribution in [0.15, 0.2) is 52.9 Å². The van der Waals surface area contributed by atoms with Gasteiger partial charge in [-0.1, -0.05) is 32.0 Å². The lowest BCUT2D eigenvalue weighted by molar-refractivity contribution is 0.154. The number of hydrogen-bond acceptors (Lipinski definition) is 4. The molecule has 6 nitrogen and oxygen atoms in total. The molecule has 0 spiro atoms. The number of fused-ring (bicyclic) bond motifs is 1. The van der Waals surface area contributed by atoms with E-state index in [1.54, 1.807) is 12.1 Å². The first kappa shape index (κ1) is 18.3. The summed E-state index contributed by atoms with van der Waals surface area (Å²) >= 11 is 0. The topological polar surface area (TPSA) is 61.6 Å². The summed E-state index contributed by atoms with van der Waals surface area (Å²) in [5, 5.41) is 2.80. The number of aromatic nitrogens is 1. The first-order valence-electron chi connectivity index (χ1n) is 9.45. The minimum absolute atomic E-state index is 0.0164. The van der Waals surface area contributed by atoms with Crippen molar-refractivity contribution in [2.45, 2.75) is 19.9 Å². The zero-order valence-corrected chi connectivity index (χ0v) is 15.9. The Labute approximate surface area is 162 Å². The number of urea groups is 1. The summed E-state index contributed by atoms with van der Waals surface area (Å²) < 4.78 is 19.3. The lowest BCUT2D eigenvalue weighted by atomic mass is 10.00. The van der Waals surface area contributed by atoms with E-state index in [4.69, 9.17) is 4.42 Å². The molecule has 28 heavy (non-hydrogen) atoms. The van der Waals surface area contributed by atoms with Gasteiger partial charge in [0.05, 0.1) is 6.04 Å². The van der Waals surface area contributed by atoms with Gasteiger partial charge in [0.2, 0.25) is 0 Å². The Hall–Kier alpha value is -3.09. The van der Waals surface area contributed by atoms with Gasteiger partial charge in [0.25, 0.3) is 6.01 Å². The molecule has 1 fully saturated rings. The first-order chi connectivity index (χ1) is 13.5. The van der Waals surface area contributed by atoms with Crippen molar-refractivity contribution in [2.75, 3.05) is 29.9 Å². The van der Waals surface area contributed by atoms with Crippen molar-refractivity contribution in [1.29, 1.82) is 0 Å². The number of benzene rings is 2. The molecule has 1 aliphatic rings. The molecular formula is C21H23FN4O2. The van der Waals surface area contributed by atoms with E-state index in [1.165, 1.54) is 12.1 Å². The molecular weight excluding hydrogens is 359 g/mol. The fourth-order valence-corrected chi connectivity index (χ4v) is 3.56. The zero-order chi connectivity index (χ0) is 19.7. The van der Waals surface area contributed by atoms with E-state index in [0.717, 1.165) is 11.1 Å². The number of carbonyl (C=O) groups excluding carboxylic acids is 1. The fraction of sp³-hybridized carbons (Fsp3) is 0.333. The summed E-state index contributed by atoms with van der Waals surface area (Å²) in [6.45, 7) is 5.95. The van der Waals surface area contributed by atoms with E-state index in [9.17, 15) is 9.18 Å². The van der Waals surface area contributed by atoms with Crippen LogP contribution >= 0.6 is 0 Å². The number of carbonyl (C=O) groups is 1. The Balaban J connectivity index is 1.50. The minimum Gasteiger partial charge on any atom is -0.423 e. The van der Waals surface area contributed by atoms with Gasteiger partial charge in [-0.15, -0.1) is 0 Å². The Bertz CT molecular complexity index is 954. The van der Waals surface area contributed by atoms with Crippen molar-refractivity contribution in [3.05, 3.63) is 54.3 Å². The van der Waals surface area contributed by atoms with E-state index < -0.39 is 0 Å². The van der Waals surface area contributed by atoms with Crippen LogP contribution in [0.25, 0.3) is 11.1 Å². The summed E-state index contributed by atoms with van der Waals surface area (Å²) in [4.78, 5) is 21.3. The SMILES string of the molecule is CC(C)C1CN(c2nc3ccccc3o2)CCN1C(=O)Nc1cccc(F)c1. The molecule has 1 saturated heterocycles. The Kier molecular flexibility index (Phi) is 4.90. The highest BCUT2D eigenvalue weighted by atomic mass is 19.1. The highest BCUT2D eigenvalue weighted by Crippen LogP contribution is 2.26. The molecule has 0 bridgehead atoms. The normalized spacial score (nSPS) is 17.4. The number of oxazole rings is 1. The van der Waals surface area contributed by atoms with Crippen LogP contribution in [-0.2, 0) is 0 Å². The first-order valence-corrected chi connectivity index (χ1v) is 9.45. The van der Waals surface area contributed by atoms with Crippen LogP contribution in [0.2, 0.25) is 0 Å². The predicted molar refractivity (Wildman–Crippen MR) is 107 cm³/mol. The van der Waals surface area contributed by atoms with Crippen molar-refractivity contribution < 1.29 is 13.6 Å². The van der Waals surface area contributed by atoms with Crippen LogP contribution in [0.5, 0.6) is 0 Å². The number of amides is 2. The maximum Gasteiger partial charge on any atom is 0.322 e. The Morgan fingerprint density at radius 1 is 1.21 bits per heavy atom. The lowest BCUT2D eigenvalue weighted by Crippen LogP contribution is -2.58. The molecule has 0 aliphatic carbocycles. The van der Waals surface area contributed by atoms with Gasteiger partial charge in [0.1, 0.15) is 11.3 Å². The molecule has 1 unspecified atom stereocenters. The van der Waals surface area contributed by atoms with Gasteiger partial charge in [0.15, 0.2) is 5.58 Å². The van der Waals surface area contributed by atoms with Crippen molar-refractivity contribution in [1.82, 2.24) is 9.88 Å². The summed E-state index contributed by atoms with van der Waals surface area (Å²) in [7, 11) is 0. The van der Waals surface area contributed by atoms with E-state index in [2.05, 4.69) is 29.0 Å². The second-order valence-corrected chi connectivity index (χ2v) is 7.36. The molecule has 1 aliphatic heterocycles. The van der Waals surface area contributed by atoms with Crippen molar-refractivity contribution >= 4 is 28.8 Å². The standard InChI is InChI=1S/C21H23FN4O2/c1-14(2)18-13-25(21-24-17-8-3-4-9-19(17)28-21)10-11-26(18)20(27)23-16-7-5-6-15(22)12-16/h3-9,12,14,18H,10-11,13H2,1-2H3,(H,23,27). The molecule has 0 radical (unpaired) electrons. The highest BCUT2D eigenvalue weighted by Gasteiger charge is 2.34. The summed E-state index contributed by atoms with van der Waals surface area (Å²) in [6, 6.07) is 13.9. The maximum absolute atomic E-state index is 13.4. The number of nitrogens with zero attached hydrogens (tertiary/aromatic N) is 3. The monoisotopic (exact) mass is 382 g/mol. The molecule has 1 atom stereocenters. The molecule has 3 aromatic rings. The van der Waals surface area contributed by atoms with Crippen LogP contribution in [0.3, 0.4) is 0 Å². The van der Waals surface area contributed by atoms with Gasteiger partial charge < -0.3 is 19.5 Å². The third kappa shape index (κ3) is 3.65. The van der Waals surface area contributed by atoms with Crippen LogP contribution in [-0.4, -0.2) is 41.6 Å². The van der Waals surface area contributed by atoms with Crippen LogP contribution in [0, 0.1) is 11.7 Å². The van der Waals surface area contributed by atoms with E-state index >= 15 is 0 Å². The molecule has 0 saturated carbocycles. The summed E-state index contributed by atoms with van der Waals surface area (Å²) in [5.41, 5.74) is 2.03. The van der Waals surface area contributed by atoms with Crippen molar-refractivity contribution in [2.24, 2.45) is 5.92 Å². The number of para-hydroxylation sites is 2. The van der Waals surface area contributed by atoms with Gasteiger partial charge in [-0.3, -0.25) is 0 Å². The maximum atomic E-state index is 13.4. The Morgan fingerprint density at radius 2 is 2.04 bits per heavy atom. The smallest absolute Gasteiger partial charge is 0.322 e. The van der Waals surface area contributed by atoms with E-state index in [0.29, 0.717) is 31.3 Å². The van der Waals surface area contributed by atoms with E-state index in [-0.39, 0.29) is 23.8 Å². The van der Waals surface area contributed by atoms with Gasteiger partial charge in [-0.25, -0.2) is 9.18 Å². The van der Waals surface area contributed by atoms with Crippen LogP contribution < -0.4 is 10.2 Å². The van der Waals surface area contributed by atoms with Crippen LogP contribution in [0.1, 0.15) is 13.8 Å². The number of nitrogens with one attached hydrogen (secondary N) is 1. The van der Waals surface area contributed by atoms with Gasteiger partial charge >= 0.3 is 6.03 Å². The third-order valence-corrected chi connectivity index (χ3v) is 5.08. The third-order valence-electron chi connectivity index (χ3n) is 5.08. The fourth-order valence-electron chi connectivity index (χ4n) is 3.56. The predicted octanol–water partition coefficient (Wildman–Crippen LogP) is 4.35. The molecule has 1 N–H and O–H groups in total. The van der Waals surface area contributed by atoms with Crippen molar-refractivity contribution in [3.63, 3.8) is 0 Å². The lowest BCUT2D eigenvalue weighted by Gasteiger charge is -2.42. The second kappa shape index (κ2) is 7.50. The number of halogens is 1. The average molecular weight is 382 g/mol. The van der Waals surface area contributed by atoms with Crippen LogP contribution in [0.4, 0.5) is 20.9 Å². The Morgan fingerprint density at radius 3 is 2.79 bits per heavy atom. The molecule has 4 rings (SSSR count). The van der Waals surface area contributed by atoms with Crippen molar-refractivity contribution in [3.8, 4) is 0 Å². The molecule has 2 aromatic carbocycles. The van der Waals surface area contributed by atoms with Gasteiger partial charge in [-0.2, -0.15) is 4.98 Å². The number of piperazine rings is 1. The molecule has 7 heteroatoms. The van der Waals surface area contributed by atoms with Gasteiger partial charge in [-0.05, 0) is 36.2 Å². The summed E-state index contributed by atoms with van der Waals surface area (Å²) in [6.07, 6.45) is 0.